The summed E-state index contributed by atoms with van der Waals surface area (Å²) in [7, 11) is -9.81. The summed E-state index contributed by atoms with van der Waals surface area (Å²) < 4.78 is 61.2. The number of aliphatic hydroxyl groups excluding tert-OH is 2. The lowest BCUT2D eigenvalue weighted by Crippen LogP contribution is -2.30. The minimum atomic E-state index is -4.94. The molecular weight excluding hydrogens is 1310 g/mol. The van der Waals surface area contributed by atoms with Crippen molar-refractivity contribution in [3.63, 3.8) is 0 Å². The van der Waals surface area contributed by atoms with E-state index in [1.54, 1.807) is 0 Å². The molecule has 0 aromatic carbocycles. The Bertz CT molecular complexity index is 2420. The first-order valence-electron chi connectivity index (χ1n) is 39.1. The summed E-state index contributed by atoms with van der Waals surface area (Å²) in [4.78, 5) is 58.7. The highest BCUT2D eigenvalue weighted by molar-refractivity contribution is 7.47. The van der Waals surface area contributed by atoms with E-state index < -0.39 is 91.5 Å². The second-order valence-electron chi connectivity index (χ2n) is 25.8. The standard InChI is InChI=1S/C83H140O16P2/c1-4-7-10-13-16-19-22-25-28-31-34-36-38-40-43-45-48-51-54-57-60-63-66-69-81(86)93-72-78(84)73-95-100(89,90)96-74-79(85)75-97-101(91,92)98-77-80(99-83(88)71-68-65-62-59-56-53-50-47-42-33-30-27-24-21-18-15-12-9-6-3)76-94-82(87)70-67-64-61-58-55-52-49-46-44-41-39-37-35-32-29-26-23-20-17-14-11-8-5-2/h7,10,16-21,25-30,34-37,40-44,47,78-80,84-85H,4-6,8-9,11-15,22-24,31-33,38-39,45-46,48-77H2,1-3H3,(H,89,90)(H,91,92)/b10-7-,19-16-,20-17-,21-18-,28-25-,29-26-,30-27-,36-34-,37-35-,43-40-,44-41-,47-42-. The monoisotopic (exact) mass is 1450 g/mol. The Labute approximate surface area is 613 Å². The molecule has 0 aromatic heterocycles. The van der Waals surface area contributed by atoms with Crippen LogP contribution in [-0.4, -0.2) is 95.9 Å². The quantitative estimate of drug-likeness (QED) is 0.0146. The molecule has 0 heterocycles. The van der Waals surface area contributed by atoms with E-state index in [1.807, 2.05) is 0 Å². The molecule has 101 heavy (non-hydrogen) atoms. The van der Waals surface area contributed by atoms with Crippen LogP contribution in [0.2, 0.25) is 0 Å². The van der Waals surface area contributed by atoms with E-state index in [9.17, 15) is 43.5 Å². The van der Waals surface area contributed by atoms with E-state index in [0.717, 1.165) is 199 Å². The normalized spacial score (nSPS) is 14.8. The van der Waals surface area contributed by atoms with Crippen molar-refractivity contribution >= 4 is 33.6 Å². The number of carbonyl (C=O) groups is 3. The SMILES string of the molecule is CC/C=C\C/C=C\C/C=C\C/C=C\C/C=C\CCCCCCCCCC(=O)OCC(O)COP(=O)(O)OCC(O)COP(=O)(O)OCC(COC(=O)CCCCCCCCC/C=C\C/C=C\C/C=C\C/C=C\CCCCC)OC(=O)CCCCCCCC/C=C\C/C=C\C/C=C\CCCCC. The lowest BCUT2D eigenvalue weighted by Gasteiger charge is -2.21. The summed E-state index contributed by atoms with van der Waals surface area (Å²) >= 11 is 0. The Balaban J connectivity index is 4.72. The van der Waals surface area contributed by atoms with Gasteiger partial charge in [-0.25, -0.2) is 9.13 Å². The first-order valence-corrected chi connectivity index (χ1v) is 42.1. The van der Waals surface area contributed by atoms with Crippen LogP contribution < -0.4 is 0 Å². The van der Waals surface area contributed by atoms with Gasteiger partial charge < -0.3 is 34.2 Å². The molecule has 0 bridgehead atoms. The van der Waals surface area contributed by atoms with E-state index >= 15 is 0 Å². The van der Waals surface area contributed by atoms with Gasteiger partial charge in [-0.3, -0.25) is 32.5 Å². The highest BCUT2D eigenvalue weighted by Crippen LogP contribution is 2.45. The molecule has 0 amide bonds. The number of esters is 3. The Morgan fingerprint density at radius 1 is 0.287 bits per heavy atom. The maximum absolute atomic E-state index is 13.0. The molecule has 0 spiro atoms. The summed E-state index contributed by atoms with van der Waals surface area (Å²) in [5.74, 6) is -1.61. The lowest BCUT2D eigenvalue weighted by molar-refractivity contribution is -0.161. The van der Waals surface area contributed by atoms with Gasteiger partial charge in [-0.2, -0.15) is 0 Å². The molecule has 4 N–H and O–H groups in total. The highest BCUT2D eigenvalue weighted by atomic mass is 31.2. The molecule has 578 valence electrons. The number of phosphoric ester groups is 2. The zero-order chi connectivity index (χ0) is 73.7. The smallest absolute Gasteiger partial charge is 0.463 e. The number of unbranched alkanes of at least 4 members (excludes halogenated alkanes) is 26. The molecule has 16 nitrogen and oxygen atoms in total. The fourth-order valence-corrected chi connectivity index (χ4v) is 11.6. The molecule has 0 saturated heterocycles. The molecule has 0 fully saturated rings. The zero-order valence-corrected chi connectivity index (χ0v) is 64.8. The average molecular weight is 1460 g/mol. The maximum atomic E-state index is 13.0. The fourth-order valence-electron chi connectivity index (χ4n) is 10.1. The summed E-state index contributed by atoms with van der Waals surface area (Å²) in [5, 5.41) is 20.6. The van der Waals surface area contributed by atoms with Crippen LogP contribution in [0.25, 0.3) is 0 Å². The van der Waals surface area contributed by atoms with Gasteiger partial charge in [0.25, 0.3) is 0 Å². The van der Waals surface area contributed by atoms with E-state index in [2.05, 4.69) is 167 Å². The fraction of sp³-hybridized carbons (Fsp3) is 0.675. The van der Waals surface area contributed by atoms with E-state index in [-0.39, 0.29) is 19.3 Å². The topological polar surface area (TPSA) is 231 Å². The van der Waals surface area contributed by atoms with Crippen molar-refractivity contribution < 1.29 is 75.8 Å². The summed E-state index contributed by atoms with van der Waals surface area (Å²) in [6.45, 7) is 2.47. The first-order chi connectivity index (χ1) is 49.2. The van der Waals surface area contributed by atoms with Gasteiger partial charge >= 0.3 is 33.6 Å². The Hall–Kier alpha value is -4.57. The van der Waals surface area contributed by atoms with Gasteiger partial charge in [-0.15, -0.1) is 0 Å². The van der Waals surface area contributed by atoms with Gasteiger partial charge in [0.1, 0.15) is 25.4 Å². The number of hydrogen-bond donors (Lipinski definition) is 4. The predicted molar refractivity (Wildman–Crippen MR) is 417 cm³/mol. The van der Waals surface area contributed by atoms with Gasteiger partial charge in [-0.05, 0) is 148 Å². The molecule has 5 unspecified atom stereocenters. The van der Waals surface area contributed by atoms with Crippen molar-refractivity contribution in [2.75, 3.05) is 39.6 Å². The Kier molecular flexibility index (Phi) is 71.7. The Morgan fingerprint density at radius 2 is 0.525 bits per heavy atom. The van der Waals surface area contributed by atoms with Crippen molar-refractivity contribution in [2.24, 2.45) is 0 Å². The maximum Gasteiger partial charge on any atom is 0.472 e. The third kappa shape index (κ3) is 76.4. The minimum absolute atomic E-state index is 0.0831. The largest absolute Gasteiger partial charge is 0.472 e. The number of carbonyl (C=O) groups excluding carboxylic acids is 3. The number of allylic oxidation sites excluding steroid dienone is 24. The van der Waals surface area contributed by atoms with Crippen LogP contribution in [0, 0.1) is 0 Å². The van der Waals surface area contributed by atoms with Gasteiger partial charge in [-0.1, -0.05) is 282 Å². The molecule has 0 aromatic rings. The zero-order valence-electron chi connectivity index (χ0n) is 63.0. The van der Waals surface area contributed by atoms with Crippen LogP contribution in [0.5, 0.6) is 0 Å². The number of phosphoric acid groups is 2. The number of hydrogen-bond acceptors (Lipinski definition) is 14. The van der Waals surface area contributed by atoms with Crippen molar-refractivity contribution in [2.45, 2.75) is 322 Å². The third-order valence-corrected chi connectivity index (χ3v) is 17.9. The van der Waals surface area contributed by atoms with Gasteiger partial charge in [0, 0.05) is 19.3 Å². The Morgan fingerprint density at radius 3 is 0.832 bits per heavy atom. The number of aliphatic hydroxyl groups is 2. The molecule has 0 radical (unpaired) electrons. The van der Waals surface area contributed by atoms with Gasteiger partial charge in [0.2, 0.25) is 0 Å². The third-order valence-electron chi connectivity index (χ3n) is 16.0. The van der Waals surface area contributed by atoms with E-state index in [1.165, 1.54) is 44.9 Å². The summed E-state index contributed by atoms with van der Waals surface area (Å²) in [6, 6.07) is 0. The molecule has 0 aliphatic heterocycles. The van der Waals surface area contributed by atoms with Crippen LogP contribution in [0.15, 0.2) is 146 Å². The molecule has 18 heteroatoms. The van der Waals surface area contributed by atoms with Crippen LogP contribution in [0.1, 0.15) is 303 Å². The predicted octanol–water partition coefficient (Wildman–Crippen LogP) is 22.9. The highest BCUT2D eigenvalue weighted by Gasteiger charge is 2.29. The summed E-state index contributed by atoms with van der Waals surface area (Å²) in [6.07, 6.45) is 91.6. The lowest BCUT2D eigenvalue weighted by atomic mass is 10.1. The van der Waals surface area contributed by atoms with Crippen LogP contribution in [0.4, 0.5) is 0 Å². The second-order valence-corrected chi connectivity index (χ2v) is 28.7. The number of ether oxygens (including phenoxy) is 3. The van der Waals surface area contributed by atoms with Crippen molar-refractivity contribution in [3.8, 4) is 0 Å². The molecule has 0 saturated carbocycles. The van der Waals surface area contributed by atoms with Gasteiger partial charge in [0.05, 0.1) is 26.4 Å². The minimum Gasteiger partial charge on any atom is -0.463 e. The molecular formula is C83H140O16P2. The first kappa shape index (κ1) is 96.4. The molecule has 0 aliphatic rings. The molecule has 0 aliphatic carbocycles. The van der Waals surface area contributed by atoms with Crippen LogP contribution in [0.3, 0.4) is 0 Å². The van der Waals surface area contributed by atoms with Crippen molar-refractivity contribution in [1.29, 1.82) is 0 Å². The van der Waals surface area contributed by atoms with Gasteiger partial charge in [0.15, 0.2) is 6.10 Å². The number of rotatable bonds is 73. The summed E-state index contributed by atoms with van der Waals surface area (Å²) in [5.41, 5.74) is 0. The van der Waals surface area contributed by atoms with Crippen molar-refractivity contribution in [1.82, 2.24) is 0 Å². The second kappa shape index (κ2) is 75.1. The molecule has 5 atom stereocenters. The van der Waals surface area contributed by atoms with Crippen LogP contribution >= 0.6 is 15.6 Å². The van der Waals surface area contributed by atoms with Crippen LogP contribution in [-0.2, 0) is 55.8 Å². The van der Waals surface area contributed by atoms with Crippen molar-refractivity contribution in [3.05, 3.63) is 146 Å². The average Bonchev–Trinajstić information content (AvgIpc) is 1.05. The van der Waals surface area contributed by atoms with E-state index in [0.29, 0.717) is 19.3 Å². The van der Waals surface area contributed by atoms with E-state index in [4.69, 9.17) is 32.3 Å². The molecule has 0 rings (SSSR count).